The SMILES string of the molecule is CC(C)(c1cccc(-c2cccnc2F)n1)c1cccc(-c2cccnc2F)n1.CC(C)(c1cccc(Br)n1)c1cccc(Br)n1.OB(O)c1cccnc1F. The van der Waals surface area contributed by atoms with Gasteiger partial charge in [0.15, 0.2) is 0 Å². The first-order valence-corrected chi connectivity index (χ1v) is 18.7. The van der Waals surface area contributed by atoms with Crippen LogP contribution in [0.15, 0.2) is 137 Å². The van der Waals surface area contributed by atoms with Crippen molar-refractivity contribution in [3.05, 3.63) is 178 Å². The Morgan fingerprint density at radius 1 is 0.464 bits per heavy atom. The largest absolute Gasteiger partial charge is 0.493 e. The van der Waals surface area contributed by atoms with Gasteiger partial charge in [0.05, 0.1) is 45.3 Å². The Kier molecular flexibility index (Phi) is 13.9. The Balaban J connectivity index is 0.000000186. The molecule has 7 aromatic heterocycles. The van der Waals surface area contributed by atoms with Crippen LogP contribution in [0.1, 0.15) is 50.5 Å². The van der Waals surface area contributed by atoms with E-state index in [2.05, 4.69) is 80.6 Å². The molecule has 2 N–H and O–H groups in total. The lowest BCUT2D eigenvalue weighted by atomic mass is 9.81. The van der Waals surface area contributed by atoms with Gasteiger partial charge in [0.1, 0.15) is 9.21 Å². The zero-order chi connectivity index (χ0) is 40.5. The van der Waals surface area contributed by atoms with Gasteiger partial charge in [0.2, 0.25) is 17.8 Å². The summed E-state index contributed by atoms with van der Waals surface area (Å²) in [6.45, 7) is 8.20. The summed E-state index contributed by atoms with van der Waals surface area (Å²) in [5.74, 6) is -1.98. The van der Waals surface area contributed by atoms with Crippen LogP contribution in [0.3, 0.4) is 0 Å². The van der Waals surface area contributed by atoms with E-state index in [0.717, 1.165) is 32.0 Å². The number of hydrogen-bond donors (Lipinski definition) is 2. The Hall–Kier alpha value is -5.22. The maximum absolute atomic E-state index is 14.1. The number of aromatic nitrogens is 7. The molecule has 0 aliphatic carbocycles. The van der Waals surface area contributed by atoms with Crippen molar-refractivity contribution in [3.63, 3.8) is 0 Å². The lowest BCUT2D eigenvalue weighted by Crippen LogP contribution is -2.33. The van der Waals surface area contributed by atoms with Crippen molar-refractivity contribution in [3.8, 4) is 22.5 Å². The van der Waals surface area contributed by atoms with E-state index in [9.17, 15) is 13.2 Å². The number of nitrogens with zero attached hydrogens (tertiary/aromatic N) is 7. The Morgan fingerprint density at radius 2 is 0.821 bits per heavy atom. The van der Waals surface area contributed by atoms with Crippen LogP contribution >= 0.6 is 31.9 Å². The molecule has 0 unspecified atom stereocenters. The van der Waals surface area contributed by atoms with Crippen LogP contribution < -0.4 is 5.46 Å². The van der Waals surface area contributed by atoms with Crippen molar-refractivity contribution >= 4 is 44.4 Å². The highest BCUT2D eigenvalue weighted by molar-refractivity contribution is 9.10. The molecule has 0 fully saturated rings. The second-order valence-corrected chi connectivity index (χ2v) is 14.8. The molecule has 284 valence electrons. The fraction of sp³-hybridized carbons (Fsp3) is 0.146. The third-order valence-electron chi connectivity index (χ3n) is 8.63. The first-order chi connectivity index (χ1) is 26.7. The predicted octanol–water partition coefficient (Wildman–Crippen LogP) is 8.43. The minimum absolute atomic E-state index is 0.206. The Morgan fingerprint density at radius 3 is 1.16 bits per heavy atom. The molecule has 0 aliphatic heterocycles. The van der Waals surface area contributed by atoms with E-state index in [1.54, 1.807) is 36.4 Å². The number of hydrogen-bond acceptors (Lipinski definition) is 9. The van der Waals surface area contributed by atoms with Crippen LogP contribution in [-0.4, -0.2) is 52.1 Å². The lowest BCUT2D eigenvalue weighted by molar-refractivity contribution is 0.422. The molecule has 0 bridgehead atoms. The molecule has 0 atom stereocenters. The van der Waals surface area contributed by atoms with Crippen LogP contribution in [0.2, 0.25) is 0 Å². The van der Waals surface area contributed by atoms with Crippen molar-refractivity contribution in [2.24, 2.45) is 0 Å². The van der Waals surface area contributed by atoms with Crippen molar-refractivity contribution < 1.29 is 23.2 Å². The molecule has 0 radical (unpaired) electrons. The maximum atomic E-state index is 14.1. The van der Waals surface area contributed by atoms with Gasteiger partial charge in [-0.25, -0.2) is 24.9 Å². The van der Waals surface area contributed by atoms with Crippen molar-refractivity contribution in [2.75, 3.05) is 0 Å². The predicted molar refractivity (Wildman–Crippen MR) is 217 cm³/mol. The van der Waals surface area contributed by atoms with Crippen LogP contribution in [0, 0.1) is 17.8 Å². The molecule has 0 saturated heterocycles. The summed E-state index contributed by atoms with van der Waals surface area (Å²) in [6, 6.07) is 32.1. The van der Waals surface area contributed by atoms with Crippen molar-refractivity contribution in [1.82, 2.24) is 34.9 Å². The molecule has 56 heavy (non-hydrogen) atoms. The monoisotopic (exact) mass is 883 g/mol. The highest BCUT2D eigenvalue weighted by Gasteiger charge is 2.28. The molecule has 0 aromatic carbocycles. The third kappa shape index (κ3) is 10.3. The smallest absolute Gasteiger partial charge is 0.423 e. The molecule has 7 heterocycles. The van der Waals surface area contributed by atoms with E-state index in [1.165, 1.54) is 30.7 Å². The van der Waals surface area contributed by atoms with Crippen LogP contribution in [0.4, 0.5) is 13.2 Å². The van der Waals surface area contributed by atoms with Crippen LogP contribution in [-0.2, 0) is 10.8 Å². The first kappa shape index (κ1) is 41.9. The van der Waals surface area contributed by atoms with Crippen LogP contribution in [0.5, 0.6) is 0 Å². The molecule has 0 spiro atoms. The second kappa shape index (κ2) is 18.6. The van der Waals surface area contributed by atoms with Gasteiger partial charge in [-0.2, -0.15) is 13.2 Å². The minimum Gasteiger partial charge on any atom is -0.423 e. The average Bonchev–Trinajstić information content (AvgIpc) is 3.19. The second-order valence-electron chi connectivity index (χ2n) is 13.2. The highest BCUT2D eigenvalue weighted by Crippen LogP contribution is 2.33. The molecule has 15 heteroatoms. The standard InChI is InChI=1S/C23H18F2N4.C13H12Br2N2.C5H5BFNO2/c1-23(2,19-11-3-9-17(28-19)15-7-5-13-26-21(15)24)20-12-4-10-18(29-20)16-8-6-14-27-22(16)25;1-13(2,9-5-3-7-11(14)16-9)10-6-4-8-12(15)17-10;7-5-4(6(9)10)2-1-3-8-5/h3-14H,1-2H3;3-8H,1-2H3;1-3,9-10H. The van der Waals surface area contributed by atoms with Gasteiger partial charge in [0.25, 0.3) is 0 Å². The van der Waals surface area contributed by atoms with E-state index in [0.29, 0.717) is 22.5 Å². The van der Waals surface area contributed by atoms with E-state index in [1.807, 2.05) is 74.5 Å². The van der Waals surface area contributed by atoms with Gasteiger partial charge in [-0.1, -0.05) is 30.3 Å². The Bertz CT molecular complexity index is 2290. The van der Waals surface area contributed by atoms with Gasteiger partial charge in [-0.05, 0) is 138 Å². The lowest BCUT2D eigenvalue weighted by Gasteiger charge is -2.24. The van der Waals surface area contributed by atoms with Crippen LogP contribution in [0.25, 0.3) is 22.5 Å². The van der Waals surface area contributed by atoms with E-state index >= 15 is 0 Å². The van der Waals surface area contributed by atoms with Gasteiger partial charge in [0, 0.05) is 34.9 Å². The molecule has 7 rings (SSSR count). The zero-order valence-electron chi connectivity index (χ0n) is 30.6. The fourth-order valence-electron chi connectivity index (χ4n) is 5.39. The van der Waals surface area contributed by atoms with Gasteiger partial charge in [-0.15, -0.1) is 0 Å². The number of halogens is 5. The molecular weight excluding hydrogens is 850 g/mol. The number of rotatable bonds is 7. The van der Waals surface area contributed by atoms with Crippen molar-refractivity contribution in [2.45, 2.75) is 38.5 Å². The summed E-state index contributed by atoms with van der Waals surface area (Å²) >= 11 is 6.80. The molecular formula is C41H35BBr2F3N7O2. The molecule has 9 nitrogen and oxygen atoms in total. The van der Waals surface area contributed by atoms with Crippen molar-refractivity contribution in [1.29, 1.82) is 0 Å². The topological polar surface area (TPSA) is 131 Å². The summed E-state index contributed by atoms with van der Waals surface area (Å²) in [6.07, 6.45) is 4.04. The van der Waals surface area contributed by atoms with Gasteiger partial charge < -0.3 is 10.0 Å². The number of pyridine rings is 7. The third-order valence-corrected chi connectivity index (χ3v) is 9.51. The summed E-state index contributed by atoms with van der Waals surface area (Å²) < 4.78 is 42.3. The summed E-state index contributed by atoms with van der Waals surface area (Å²) in [5.41, 5.74) is 4.08. The van der Waals surface area contributed by atoms with Gasteiger partial charge >= 0.3 is 7.12 Å². The Labute approximate surface area is 339 Å². The highest BCUT2D eigenvalue weighted by atomic mass is 79.9. The minimum atomic E-state index is -1.78. The molecule has 7 aromatic rings. The van der Waals surface area contributed by atoms with E-state index < -0.39 is 30.4 Å². The quantitative estimate of drug-likeness (QED) is 0.120. The summed E-state index contributed by atoms with van der Waals surface area (Å²) in [4.78, 5) is 29.0. The summed E-state index contributed by atoms with van der Waals surface area (Å²) in [5, 5.41) is 17.0. The molecule has 0 saturated carbocycles. The first-order valence-electron chi connectivity index (χ1n) is 17.1. The maximum Gasteiger partial charge on any atom is 0.493 e. The van der Waals surface area contributed by atoms with Gasteiger partial charge in [-0.3, -0.25) is 9.97 Å². The average molecular weight is 885 g/mol. The molecule has 0 amide bonds. The normalized spacial score (nSPS) is 11.1. The van der Waals surface area contributed by atoms with E-state index in [-0.39, 0.29) is 10.9 Å². The van der Waals surface area contributed by atoms with E-state index in [4.69, 9.17) is 10.0 Å². The summed E-state index contributed by atoms with van der Waals surface area (Å²) in [7, 11) is -1.78. The zero-order valence-corrected chi connectivity index (χ0v) is 33.8. The fourth-order valence-corrected chi connectivity index (χ4v) is 6.07. The molecule has 0 aliphatic rings.